The maximum atomic E-state index is 13.2. The molecule has 3 rings (SSSR count). The highest BCUT2D eigenvalue weighted by atomic mass is 35.5. The zero-order valence-corrected chi connectivity index (χ0v) is 17.1. The Morgan fingerprint density at radius 2 is 2.00 bits per heavy atom. The number of nitrogens with one attached hydrogen (secondary N) is 1. The molecule has 0 bridgehead atoms. The Morgan fingerprint density at radius 1 is 1.28 bits per heavy atom. The molecule has 1 atom stereocenters. The zero-order valence-electron chi connectivity index (χ0n) is 15.5. The molecular weight excluding hydrogens is 416 g/mol. The standard InChI is InChI=1S/C19H17ClN4O4S/c1-10(16(25)23-18(21)27)29-19-22-14-6-4-3-5-12(14)17(26)24(19)11-7-8-15(28-2)13(20)9-11/h3-10H,1-2H3,(H3,21,23,25,27)/t10-/m0/s1. The molecule has 0 spiro atoms. The minimum atomic E-state index is -0.951. The number of halogens is 1. The third-order valence-electron chi connectivity index (χ3n) is 4.04. The van der Waals surface area contributed by atoms with Gasteiger partial charge >= 0.3 is 6.03 Å². The van der Waals surface area contributed by atoms with Crippen LogP contribution in [0, 0.1) is 0 Å². The second kappa shape index (κ2) is 8.54. The summed E-state index contributed by atoms with van der Waals surface area (Å²) in [5.74, 6) is -0.134. The topological polar surface area (TPSA) is 116 Å². The quantitative estimate of drug-likeness (QED) is 0.473. The summed E-state index contributed by atoms with van der Waals surface area (Å²) in [6, 6.07) is 10.8. The summed E-state index contributed by atoms with van der Waals surface area (Å²) in [7, 11) is 1.49. The highest BCUT2D eigenvalue weighted by Crippen LogP contribution is 2.29. The number of carbonyl (C=O) groups excluding carboxylic acids is 2. The van der Waals surface area contributed by atoms with Crippen molar-refractivity contribution in [2.45, 2.75) is 17.3 Å². The first kappa shape index (κ1) is 20.7. The Kier molecular flexibility index (Phi) is 6.09. The Morgan fingerprint density at radius 3 is 2.66 bits per heavy atom. The molecule has 0 aliphatic heterocycles. The Labute approximate surface area is 175 Å². The maximum Gasteiger partial charge on any atom is 0.318 e. The van der Waals surface area contributed by atoms with E-state index in [2.05, 4.69) is 4.98 Å². The first-order valence-electron chi connectivity index (χ1n) is 8.44. The lowest BCUT2D eigenvalue weighted by molar-refractivity contribution is -0.119. The van der Waals surface area contributed by atoms with Crippen LogP contribution in [-0.4, -0.2) is 33.8 Å². The predicted octanol–water partition coefficient (Wildman–Crippen LogP) is 2.72. The molecule has 3 amide bonds. The van der Waals surface area contributed by atoms with Gasteiger partial charge in [-0.15, -0.1) is 0 Å². The van der Waals surface area contributed by atoms with Gasteiger partial charge in [-0.3, -0.25) is 19.5 Å². The Bertz CT molecular complexity index is 1160. The number of aromatic nitrogens is 2. The molecule has 0 unspecified atom stereocenters. The summed E-state index contributed by atoms with van der Waals surface area (Å²) in [6.45, 7) is 1.58. The largest absolute Gasteiger partial charge is 0.495 e. The molecular formula is C19H17ClN4O4S. The van der Waals surface area contributed by atoms with Gasteiger partial charge in [0, 0.05) is 0 Å². The summed E-state index contributed by atoms with van der Waals surface area (Å²) >= 11 is 7.25. The number of nitrogens with zero attached hydrogens (tertiary/aromatic N) is 2. The second-order valence-electron chi connectivity index (χ2n) is 5.98. The fourth-order valence-electron chi connectivity index (χ4n) is 2.65. The van der Waals surface area contributed by atoms with Crippen molar-refractivity contribution in [2.75, 3.05) is 7.11 Å². The van der Waals surface area contributed by atoms with Crippen molar-refractivity contribution in [3.63, 3.8) is 0 Å². The summed E-state index contributed by atoms with van der Waals surface area (Å²) in [5, 5.41) is 2.28. The first-order valence-corrected chi connectivity index (χ1v) is 9.70. The Hall–Kier alpha value is -3.04. The van der Waals surface area contributed by atoms with E-state index in [1.165, 1.54) is 11.7 Å². The molecule has 1 heterocycles. The van der Waals surface area contributed by atoms with Crippen LogP contribution in [0.15, 0.2) is 52.4 Å². The maximum absolute atomic E-state index is 13.2. The van der Waals surface area contributed by atoms with Gasteiger partial charge in [-0.1, -0.05) is 35.5 Å². The van der Waals surface area contributed by atoms with Crippen LogP contribution in [0.5, 0.6) is 5.75 Å². The van der Waals surface area contributed by atoms with Gasteiger partial charge < -0.3 is 10.5 Å². The number of primary amides is 1. The molecule has 0 aliphatic carbocycles. The summed E-state index contributed by atoms with van der Waals surface area (Å²) in [4.78, 5) is 40.8. The van der Waals surface area contributed by atoms with Gasteiger partial charge in [-0.05, 0) is 37.3 Å². The number of nitrogens with two attached hydrogens (primary N) is 1. The van der Waals surface area contributed by atoms with Gasteiger partial charge in [-0.2, -0.15) is 0 Å². The lowest BCUT2D eigenvalue weighted by Crippen LogP contribution is -2.39. The predicted molar refractivity (Wildman–Crippen MR) is 112 cm³/mol. The number of amides is 3. The number of para-hydroxylation sites is 1. The van der Waals surface area contributed by atoms with Crippen LogP contribution in [0.25, 0.3) is 16.6 Å². The molecule has 8 nitrogen and oxygen atoms in total. The number of rotatable bonds is 5. The van der Waals surface area contributed by atoms with E-state index in [4.69, 9.17) is 22.1 Å². The fraction of sp³-hybridized carbons (Fsp3) is 0.158. The molecule has 0 radical (unpaired) electrons. The average Bonchev–Trinajstić information content (AvgIpc) is 2.67. The monoisotopic (exact) mass is 432 g/mol. The number of ether oxygens (including phenoxy) is 1. The van der Waals surface area contributed by atoms with Gasteiger partial charge in [0.15, 0.2) is 5.16 Å². The van der Waals surface area contributed by atoms with E-state index in [1.807, 2.05) is 5.32 Å². The SMILES string of the molecule is COc1ccc(-n2c(S[C@@H](C)C(=O)NC(N)=O)nc3ccccc3c2=O)cc1Cl. The van der Waals surface area contributed by atoms with E-state index >= 15 is 0 Å². The van der Waals surface area contributed by atoms with Crippen molar-refractivity contribution in [3.8, 4) is 11.4 Å². The van der Waals surface area contributed by atoms with Gasteiger partial charge in [0.25, 0.3) is 5.56 Å². The molecule has 0 fully saturated rings. The number of hydrogen-bond donors (Lipinski definition) is 2. The molecule has 0 saturated heterocycles. The van der Waals surface area contributed by atoms with E-state index in [1.54, 1.807) is 49.4 Å². The van der Waals surface area contributed by atoms with E-state index in [0.29, 0.717) is 27.4 Å². The van der Waals surface area contributed by atoms with Gasteiger partial charge in [0.05, 0.1) is 34.0 Å². The third-order valence-corrected chi connectivity index (χ3v) is 5.38. The fourth-order valence-corrected chi connectivity index (χ4v) is 3.83. The number of imide groups is 1. The van der Waals surface area contributed by atoms with Crippen LogP contribution in [0.1, 0.15) is 6.92 Å². The lowest BCUT2D eigenvalue weighted by atomic mass is 10.2. The molecule has 3 N–H and O–H groups in total. The molecule has 0 aliphatic rings. The second-order valence-corrected chi connectivity index (χ2v) is 7.70. The summed E-state index contributed by atoms with van der Waals surface area (Å²) < 4.78 is 6.53. The molecule has 3 aromatic rings. The van der Waals surface area contributed by atoms with Gasteiger partial charge in [-0.25, -0.2) is 9.78 Å². The van der Waals surface area contributed by atoms with Crippen LogP contribution in [0.3, 0.4) is 0 Å². The Balaban J connectivity index is 2.16. The van der Waals surface area contributed by atoms with E-state index < -0.39 is 17.2 Å². The zero-order chi connectivity index (χ0) is 21.1. The van der Waals surface area contributed by atoms with Crippen molar-refractivity contribution < 1.29 is 14.3 Å². The van der Waals surface area contributed by atoms with E-state index in [0.717, 1.165) is 11.8 Å². The molecule has 10 heteroatoms. The highest BCUT2D eigenvalue weighted by Gasteiger charge is 2.21. The molecule has 2 aromatic carbocycles. The van der Waals surface area contributed by atoms with Crippen LogP contribution in [-0.2, 0) is 4.79 Å². The number of thioether (sulfide) groups is 1. The molecule has 29 heavy (non-hydrogen) atoms. The van der Waals surface area contributed by atoms with Crippen molar-refractivity contribution >= 4 is 46.2 Å². The smallest absolute Gasteiger partial charge is 0.318 e. The van der Waals surface area contributed by atoms with Crippen molar-refractivity contribution in [3.05, 3.63) is 57.8 Å². The summed E-state index contributed by atoms with van der Waals surface area (Å²) in [5.41, 5.74) is 5.64. The number of carbonyl (C=O) groups is 2. The molecule has 0 saturated carbocycles. The van der Waals surface area contributed by atoms with Crippen LogP contribution in [0.2, 0.25) is 5.02 Å². The molecule has 150 valence electrons. The number of fused-ring (bicyclic) bond motifs is 1. The lowest BCUT2D eigenvalue weighted by Gasteiger charge is -2.16. The van der Waals surface area contributed by atoms with Crippen molar-refractivity contribution in [1.29, 1.82) is 0 Å². The van der Waals surface area contributed by atoms with Crippen molar-refractivity contribution in [1.82, 2.24) is 14.9 Å². The minimum absolute atomic E-state index is 0.266. The minimum Gasteiger partial charge on any atom is -0.495 e. The normalized spacial score (nSPS) is 11.8. The summed E-state index contributed by atoms with van der Waals surface area (Å²) in [6.07, 6.45) is 0. The first-order chi connectivity index (χ1) is 13.8. The number of benzene rings is 2. The van der Waals surface area contributed by atoms with E-state index in [-0.39, 0.29) is 10.7 Å². The number of urea groups is 1. The highest BCUT2D eigenvalue weighted by molar-refractivity contribution is 8.00. The average molecular weight is 433 g/mol. The number of hydrogen-bond acceptors (Lipinski definition) is 6. The van der Waals surface area contributed by atoms with Gasteiger partial charge in [0.2, 0.25) is 5.91 Å². The van der Waals surface area contributed by atoms with Gasteiger partial charge in [0.1, 0.15) is 5.75 Å². The van der Waals surface area contributed by atoms with Crippen LogP contribution >= 0.6 is 23.4 Å². The van der Waals surface area contributed by atoms with Crippen molar-refractivity contribution in [2.24, 2.45) is 5.73 Å². The van der Waals surface area contributed by atoms with Crippen LogP contribution in [0.4, 0.5) is 4.79 Å². The number of methoxy groups -OCH3 is 1. The third kappa shape index (κ3) is 4.36. The van der Waals surface area contributed by atoms with Crippen LogP contribution < -0.4 is 21.3 Å². The molecule has 1 aromatic heterocycles. The van der Waals surface area contributed by atoms with E-state index in [9.17, 15) is 14.4 Å².